The van der Waals surface area contributed by atoms with Crippen molar-refractivity contribution in [3.05, 3.63) is 0 Å². The molecule has 0 fully saturated rings. The van der Waals surface area contributed by atoms with Crippen molar-refractivity contribution < 1.29 is 13.2 Å². The highest BCUT2D eigenvalue weighted by Gasteiger charge is 2.27. The molecule has 0 saturated heterocycles. The molecule has 0 radical (unpaired) electrons. The third-order valence-corrected chi connectivity index (χ3v) is 2.30. The lowest BCUT2D eigenvalue weighted by atomic mass is 10.4. The summed E-state index contributed by atoms with van der Waals surface area (Å²) in [6.45, 7) is 2.90. The number of aliphatic imine (C=N–C) groups is 1. The summed E-state index contributed by atoms with van der Waals surface area (Å²) >= 11 is -0.0275. The first-order valence-electron chi connectivity index (χ1n) is 4.23. The van der Waals surface area contributed by atoms with Gasteiger partial charge < -0.3 is 10.6 Å². The second-order valence-corrected chi connectivity index (χ2v) is 4.12. The normalized spacial score (nSPS) is 21.7. The van der Waals surface area contributed by atoms with Crippen LogP contribution in [0.2, 0.25) is 0 Å². The summed E-state index contributed by atoms with van der Waals surface area (Å²) in [4.78, 5) is 4.05. The number of alkyl halides is 3. The Balaban J connectivity index is 2.05. The SMILES string of the molecule is CC1CN=C(NCCSC(F)(F)F)N1. The molecule has 1 atom stereocenters. The topological polar surface area (TPSA) is 36.4 Å². The van der Waals surface area contributed by atoms with Crippen LogP contribution < -0.4 is 10.6 Å². The van der Waals surface area contributed by atoms with E-state index in [-0.39, 0.29) is 30.1 Å². The average Bonchev–Trinajstić information content (AvgIpc) is 2.44. The molecule has 7 heteroatoms. The summed E-state index contributed by atoms with van der Waals surface area (Å²) in [7, 11) is 0. The average molecular weight is 227 g/mol. The van der Waals surface area contributed by atoms with E-state index in [1.165, 1.54) is 0 Å². The number of rotatable bonds is 3. The molecular formula is C7H12F3N3S. The first-order chi connectivity index (χ1) is 6.47. The van der Waals surface area contributed by atoms with Gasteiger partial charge in [0.25, 0.3) is 0 Å². The number of nitrogens with zero attached hydrogens (tertiary/aromatic N) is 1. The van der Waals surface area contributed by atoms with Crippen LogP contribution in [0.1, 0.15) is 6.92 Å². The van der Waals surface area contributed by atoms with E-state index in [4.69, 9.17) is 0 Å². The van der Waals surface area contributed by atoms with Gasteiger partial charge in [-0.15, -0.1) is 0 Å². The Morgan fingerprint density at radius 1 is 1.64 bits per heavy atom. The van der Waals surface area contributed by atoms with E-state index < -0.39 is 5.51 Å². The quantitative estimate of drug-likeness (QED) is 0.711. The van der Waals surface area contributed by atoms with Crippen molar-refractivity contribution in [3.8, 4) is 0 Å². The maximum absolute atomic E-state index is 11.7. The zero-order chi connectivity index (χ0) is 10.6. The molecule has 0 aromatic rings. The van der Waals surface area contributed by atoms with Crippen molar-refractivity contribution in [2.75, 3.05) is 18.8 Å². The first kappa shape index (κ1) is 11.5. The van der Waals surface area contributed by atoms with Crippen LogP contribution in [0.5, 0.6) is 0 Å². The van der Waals surface area contributed by atoms with E-state index in [1.54, 1.807) is 0 Å². The minimum absolute atomic E-state index is 0.00141. The predicted octanol–water partition coefficient (Wildman–Crippen LogP) is 1.18. The molecule has 14 heavy (non-hydrogen) atoms. The molecule has 1 rings (SSSR count). The van der Waals surface area contributed by atoms with Gasteiger partial charge in [0, 0.05) is 18.3 Å². The fraction of sp³-hybridized carbons (Fsp3) is 0.857. The minimum atomic E-state index is -4.14. The van der Waals surface area contributed by atoms with E-state index in [9.17, 15) is 13.2 Å². The first-order valence-corrected chi connectivity index (χ1v) is 5.21. The Kier molecular flexibility index (Phi) is 3.91. The van der Waals surface area contributed by atoms with Crippen molar-refractivity contribution in [2.24, 2.45) is 4.99 Å². The Hall–Kier alpha value is -0.590. The van der Waals surface area contributed by atoms with E-state index in [2.05, 4.69) is 15.6 Å². The third kappa shape index (κ3) is 4.59. The lowest BCUT2D eigenvalue weighted by Gasteiger charge is -2.09. The lowest BCUT2D eigenvalue weighted by Crippen LogP contribution is -2.38. The molecule has 1 aliphatic heterocycles. The maximum atomic E-state index is 11.7. The molecule has 1 aliphatic rings. The predicted molar refractivity (Wildman–Crippen MR) is 51.4 cm³/mol. The van der Waals surface area contributed by atoms with E-state index >= 15 is 0 Å². The van der Waals surface area contributed by atoms with Crippen LogP contribution >= 0.6 is 11.8 Å². The van der Waals surface area contributed by atoms with Gasteiger partial charge >= 0.3 is 5.51 Å². The molecule has 0 amide bonds. The van der Waals surface area contributed by atoms with Gasteiger partial charge in [-0.05, 0) is 18.7 Å². The van der Waals surface area contributed by atoms with Crippen molar-refractivity contribution in [3.63, 3.8) is 0 Å². The maximum Gasteiger partial charge on any atom is 0.441 e. The molecule has 0 aromatic heterocycles. The number of halogens is 3. The largest absolute Gasteiger partial charge is 0.441 e. The van der Waals surface area contributed by atoms with Crippen LogP contribution in [0.25, 0.3) is 0 Å². The lowest BCUT2D eigenvalue weighted by molar-refractivity contribution is -0.0327. The van der Waals surface area contributed by atoms with E-state index in [0.29, 0.717) is 12.5 Å². The Morgan fingerprint density at radius 3 is 2.86 bits per heavy atom. The molecule has 2 N–H and O–H groups in total. The number of hydrogen-bond acceptors (Lipinski definition) is 4. The Bertz CT molecular complexity index is 217. The smallest absolute Gasteiger partial charge is 0.356 e. The highest BCUT2D eigenvalue weighted by atomic mass is 32.2. The number of hydrogen-bond donors (Lipinski definition) is 2. The fourth-order valence-corrected chi connectivity index (χ4v) is 1.43. The minimum Gasteiger partial charge on any atom is -0.356 e. The number of nitrogens with one attached hydrogen (secondary N) is 2. The molecular weight excluding hydrogens is 215 g/mol. The fourth-order valence-electron chi connectivity index (χ4n) is 0.996. The van der Waals surface area contributed by atoms with Crippen LogP contribution in [0.15, 0.2) is 4.99 Å². The molecule has 0 saturated carbocycles. The van der Waals surface area contributed by atoms with Gasteiger partial charge in [0.2, 0.25) is 0 Å². The van der Waals surface area contributed by atoms with Crippen LogP contribution in [0.3, 0.4) is 0 Å². The second kappa shape index (κ2) is 4.77. The summed E-state index contributed by atoms with van der Waals surface area (Å²) in [5.41, 5.74) is -4.14. The van der Waals surface area contributed by atoms with Gasteiger partial charge in [0.05, 0.1) is 6.54 Å². The van der Waals surface area contributed by atoms with Crippen molar-refractivity contribution in [1.82, 2.24) is 10.6 Å². The number of guanidine groups is 1. The second-order valence-electron chi connectivity index (χ2n) is 2.96. The zero-order valence-electron chi connectivity index (χ0n) is 7.69. The third-order valence-electron chi connectivity index (χ3n) is 1.57. The summed E-state index contributed by atoms with van der Waals surface area (Å²) < 4.78 is 35.1. The monoisotopic (exact) mass is 227 g/mol. The standard InChI is InChI=1S/C7H12F3N3S/c1-5-4-12-6(13-5)11-2-3-14-7(8,9)10/h5H,2-4H2,1H3,(H2,11,12,13). The summed E-state index contributed by atoms with van der Waals surface area (Å²) in [5, 5.41) is 5.80. The van der Waals surface area contributed by atoms with Crippen molar-refractivity contribution >= 4 is 17.7 Å². The van der Waals surface area contributed by atoms with Gasteiger partial charge in [0.1, 0.15) is 0 Å². The van der Waals surface area contributed by atoms with E-state index in [1.807, 2.05) is 6.92 Å². The molecule has 0 bridgehead atoms. The van der Waals surface area contributed by atoms with Gasteiger partial charge in [-0.1, -0.05) is 0 Å². The molecule has 1 heterocycles. The Labute approximate surface area is 84.5 Å². The molecule has 82 valence electrons. The van der Waals surface area contributed by atoms with Crippen LogP contribution in [0, 0.1) is 0 Å². The van der Waals surface area contributed by atoms with Crippen molar-refractivity contribution in [2.45, 2.75) is 18.5 Å². The molecule has 0 aromatic carbocycles. The zero-order valence-corrected chi connectivity index (χ0v) is 8.50. The van der Waals surface area contributed by atoms with Crippen molar-refractivity contribution in [1.29, 1.82) is 0 Å². The highest BCUT2D eigenvalue weighted by Crippen LogP contribution is 2.29. The van der Waals surface area contributed by atoms with Crippen LogP contribution in [-0.2, 0) is 0 Å². The van der Waals surface area contributed by atoms with Gasteiger partial charge in [-0.3, -0.25) is 4.99 Å². The van der Waals surface area contributed by atoms with Crippen LogP contribution in [-0.4, -0.2) is 36.4 Å². The summed E-state index contributed by atoms with van der Waals surface area (Å²) in [6, 6.07) is 0.271. The molecule has 1 unspecified atom stereocenters. The van der Waals surface area contributed by atoms with Crippen LogP contribution in [0.4, 0.5) is 13.2 Å². The highest BCUT2D eigenvalue weighted by molar-refractivity contribution is 8.00. The summed E-state index contributed by atoms with van der Waals surface area (Å²) in [5.74, 6) is 0.596. The van der Waals surface area contributed by atoms with Gasteiger partial charge in [0.15, 0.2) is 5.96 Å². The van der Waals surface area contributed by atoms with Gasteiger partial charge in [-0.2, -0.15) is 13.2 Å². The Morgan fingerprint density at radius 2 is 2.36 bits per heavy atom. The van der Waals surface area contributed by atoms with E-state index in [0.717, 1.165) is 0 Å². The van der Waals surface area contributed by atoms with Gasteiger partial charge in [-0.25, -0.2) is 0 Å². The molecule has 0 spiro atoms. The summed E-state index contributed by atoms with van der Waals surface area (Å²) in [6.07, 6.45) is 0. The molecule has 0 aliphatic carbocycles. The molecule has 3 nitrogen and oxygen atoms in total. The number of thioether (sulfide) groups is 1.